The van der Waals surface area contributed by atoms with Gasteiger partial charge in [0.05, 0.1) is 6.61 Å². The minimum atomic E-state index is 0.0160. The molecular formula is C20H34N4O2. The highest BCUT2D eigenvalue weighted by Gasteiger charge is 2.34. The van der Waals surface area contributed by atoms with Crippen molar-refractivity contribution in [2.45, 2.75) is 32.4 Å². The maximum atomic E-state index is 9.34. The van der Waals surface area contributed by atoms with Gasteiger partial charge in [0.1, 0.15) is 0 Å². The number of rotatable bonds is 9. The first kappa shape index (κ1) is 20.7. The molecule has 2 rings (SSSR count). The summed E-state index contributed by atoms with van der Waals surface area (Å²) in [7, 11) is 3.93. The van der Waals surface area contributed by atoms with Crippen molar-refractivity contribution in [3.8, 4) is 0 Å². The number of nitrogens with zero attached hydrogens (tertiary/aromatic N) is 2. The number of aliphatic hydroxyl groups excluding tert-OH is 1. The Bertz CT molecular complexity index is 544. The monoisotopic (exact) mass is 362 g/mol. The molecule has 0 amide bonds. The van der Waals surface area contributed by atoms with Gasteiger partial charge >= 0.3 is 0 Å². The van der Waals surface area contributed by atoms with Crippen LogP contribution in [-0.2, 0) is 11.3 Å². The van der Waals surface area contributed by atoms with E-state index in [0.29, 0.717) is 12.6 Å². The molecule has 1 aromatic carbocycles. The summed E-state index contributed by atoms with van der Waals surface area (Å²) in [6, 6.07) is 10.9. The van der Waals surface area contributed by atoms with Crippen molar-refractivity contribution in [3.05, 3.63) is 35.9 Å². The molecule has 0 bridgehead atoms. The highest BCUT2D eigenvalue weighted by molar-refractivity contribution is 5.79. The third kappa shape index (κ3) is 6.27. The van der Waals surface area contributed by atoms with E-state index in [1.807, 2.05) is 6.07 Å². The number of ether oxygens (including phenoxy) is 1. The molecule has 1 aliphatic rings. The summed E-state index contributed by atoms with van der Waals surface area (Å²) in [6.45, 7) is 6.38. The molecule has 146 valence electrons. The van der Waals surface area contributed by atoms with Crippen LogP contribution >= 0.6 is 0 Å². The summed E-state index contributed by atoms with van der Waals surface area (Å²) in [5, 5.41) is 16.2. The van der Waals surface area contributed by atoms with Crippen molar-refractivity contribution >= 4 is 5.96 Å². The lowest BCUT2D eigenvalue weighted by Gasteiger charge is -2.29. The fourth-order valence-corrected chi connectivity index (χ4v) is 3.23. The molecule has 0 aliphatic carbocycles. The van der Waals surface area contributed by atoms with Gasteiger partial charge in [0.2, 0.25) is 0 Å². The third-order valence-corrected chi connectivity index (χ3v) is 5.27. The van der Waals surface area contributed by atoms with E-state index in [2.05, 4.69) is 58.8 Å². The van der Waals surface area contributed by atoms with Crippen LogP contribution in [-0.4, -0.2) is 69.0 Å². The van der Waals surface area contributed by atoms with E-state index in [1.165, 1.54) is 5.56 Å². The second-order valence-corrected chi connectivity index (χ2v) is 7.33. The quantitative estimate of drug-likeness (QED) is 0.458. The Morgan fingerprint density at radius 3 is 2.73 bits per heavy atom. The van der Waals surface area contributed by atoms with Gasteiger partial charge in [0.15, 0.2) is 5.96 Å². The molecule has 0 spiro atoms. The van der Waals surface area contributed by atoms with Crippen LogP contribution in [0.3, 0.4) is 0 Å². The Kier molecular flexibility index (Phi) is 8.35. The molecule has 6 nitrogen and oxygen atoms in total. The van der Waals surface area contributed by atoms with E-state index < -0.39 is 0 Å². The van der Waals surface area contributed by atoms with Crippen LogP contribution in [0.25, 0.3) is 0 Å². The van der Waals surface area contributed by atoms with Gasteiger partial charge in [-0.3, -0.25) is 9.89 Å². The van der Waals surface area contributed by atoms with Crippen LogP contribution in [0.1, 0.15) is 25.3 Å². The number of aliphatic hydroxyl groups is 1. The average Bonchev–Trinajstić information content (AvgIpc) is 3.11. The van der Waals surface area contributed by atoms with Gasteiger partial charge in [-0.05, 0) is 32.4 Å². The van der Waals surface area contributed by atoms with Crippen molar-refractivity contribution in [2.24, 2.45) is 10.4 Å². The van der Waals surface area contributed by atoms with Gasteiger partial charge in [-0.2, -0.15) is 0 Å². The first-order chi connectivity index (χ1) is 12.6. The SMILES string of the molecule is CN=C(NCC(C)N(C)Cc1ccccc1)NCC1(CCO)CCOC1. The summed E-state index contributed by atoms with van der Waals surface area (Å²) < 4.78 is 5.55. The second-order valence-electron chi connectivity index (χ2n) is 7.33. The molecule has 6 heteroatoms. The van der Waals surface area contributed by atoms with Crippen molar-refractivity contribution in [2.75, 3.05) is 47.0 Å². The fraction of sp³-hybridized carbons (Fsp3) is 0.650. The molecule has 1 heterocycles. The number of hydrogen-bond acceptors (Lipinski definition) is 4. The van der Waals surface area contributed by atoms with Crippen molar-refractivity contribution in [3.63, 3.8) is 0 Å². The average molecular weight is 363 g/mol. The molecule has 0 aromatic heterocycles. The zero-order valence-corrected chi connectivity index (χ0v) is 16.4. The molecule has 1 fully saturated rings. The second kappa shape index (κ2) is 10.5. The molecule has 1 aromatic rings. The third-order valence-electron chi connectivity index (χ3n) is 5.27. The summed E-state index contributed by atoms with van der Waals surface area (Å²) in [5.74, 6) is 0.800. The Hall–Kier alpha value is -1.63. The smallest absolute Gasteiger partial charge is 0.191 e. The Morgan fingerprint density at radius 2 is 2.12 bits per heavy atom. The van der Waals surface area contributed by atoms with Gasteiger partial charge in [-0.15, -0.1) is 0 Å². The Labute approximate surface area is 157 Å². The van der Waals surface area contributed by atoms with E-state index in [1.54, 1.807) is 7.05 Å². The predicted molar refractivity (Wildman–Crippen MR) is 106 cm³/mol. The highest BCUT2D eigenvalue weighted by atomic mass is 16.5. The Balaban J connectivity index is 1.77. The van der Waals surface area contributed by atoms with Crippen molar-refractivity contribution in [1.29, 1.82) is 0 Å². The van der Waals surface area contributed by atoms with Crippen molar-refractivity contribution < 1.29 is 9.84 Å². The minimum Gasteiger partial charge on any atom is -0.396 e. The number of aliphatic imine (C=N–C) groups is 1. The van der Waals surface area contributed by atoms with E-state index in [9.17, 15) is 5.11 Å². The van der Waals surface area contributed by atoms with Crippen LogP contribution in [0.2, 0.25) is 0 Å². The van der Waals surface area contributed by atoms with Crippen LogP contribution in [0.4, 0.5) is 0 Å². The van der Waals surface area contributed by atoms with Gasteiger partial charge in [-0.1, -0.05) is 30.3 Å². The van der Waals surface area contributed by atoms with Gasteiger partial charge in [-0.25, -0.2) is 0 Å². The summed E-state index contributed by atoms with van der Waals surface area (Å²) in [4.78, 5) is 6.66. The number of nitrogens with one attached hydrogen (secondary N) is 2. The topological polar surface area (TPSA) is 69.1 Å². The molecule has 3 N–H and O–H groups in total. The van der Waals surface area contributed by atoms with Gasteiger partial charge < -0.3 is 20.5 Å². The molecule has 2 atom stereocenters. The number of benzene rings is 1. The summed E-state index contributed by atoms with van der Waals surface area (Å²) in [5.41, 5.74) is 1.33. The molecule has 0 saturated carbocycles. The summed E-state index contributed by atoms with van der Waals surface area (Å²) >= 11 is 0. The molecular weight excluding hydrogens is 328 g/mol. The molecule has 0 radical (unpaired) electrons. The standard InChI is InChI=1S/C20H34N4O2/c1-17(24(3)14-18-7-5-4-6-8-18)13-22-19(21-2)23-15-20(9-11-25)10-12-26-16-20/h4-8,17,25H,9-16H2,1-3H3,(H2,21,22,23). The number of hydrogen-bond donors (Lipinski definition) is 3. The van der Waals surface area contributed by atoms with E-state index >= 15 is 0 Å². The largest absolute Gasteiger partial charge is 0.396 e. The van der Waals surface area contributed by atoms with Gasteiger partial charge in [0.25, 0.3) is 0 Å². The molecule has 1 aliphatic heterocycles. The predicted octanol–water partition coefficient (Wildman–Crippen LogP) is 1.46. The normalized spacial score (nSPS) is 21.8. The van der Waals surface area contributed by atoms with Crippen molar-refractivity contribution in [1.82, 2.24) is 15.5 Å². The first-order valence-corrected chi connectivity index (χ1v) is 9.46. The lowest BCUT2D eigenvalue weighted by atomic mass is 9.84. The zero-order chi connectivity index (χ0) is 18.8. The lowest BCUT2D eigenvalue weighted by Crippen LogP contribution is -2.48. The highest BCUT2D eigenvalue weighted by Crippen LogP contribution is 2.31. The fourth-order valence-electron chi connectivity index (χ4n) is 3.23. The van der Waals surface area contributed by atoms with Gasteiger partial charge in [0, 0.05) is 51.4 Å². The maximum absolute atomic E-state index is 9.34. The lowest BCUT2D eigenvalue weighted by molar-refractivity contribution is 0.127. The van der Waals surface area contributed by atoms with E-state index in [-0.39, 0.29) is 12.0 Å². The number of likely N-dealkylation sites (N-methyl/N-ethyl adjacent to an activating group) is 1. The summed E-state index contributed by atoms with van der Waals surface area (Å²) in [6.07, 6.45) is 1.74. The van der Waals surface area contributed by atoms with Crippen LogP contribution in [0, 0.1) is 5.41 Å². The first-order valence-electron chi connectivity index (χ1n) is 9.46. The van der Waals surface area contributed by atoms with E-state index in [4.69, 9.17) is 4.74 Å². The molecule has 1 saturated heterocycles. The van der Waals surface area contributed by atoms with Crippen LogP contribution < -0.4 is 10.6 Å². The minimum absolute atomic E-state index is 0.0160. The molecule has 26 heavy (non-hydrogen) atoms. The van der Waals surface area contributed by atoms with Crippen LogP contribution in [0.5, 0.6) is 0 Å². The van der Waals surface area contributed by atoms with Crippen LogP contribution in [0.15, 0.2) is 35.3 Å². The maximum Gasteiger partial charge on any atom is 0.191 e. The number of guanidine groups is 1. The zero-order valence-electron chi connectivity index (χ0n) is 16.4. The Morgan fingerprint density at radius 1 is 1.35 bits per heavy atom. The molecule has 2 unspecified atom stereocenters. The van der Waals surface area contributed by atoms with E-state index in [0.717, 1.165) is 45.0 Å².